The fourth-order valence-corrected chi connectivity index (χ4v) is 3.00. The van der Waals surface area contributed by atoms with E-state index >= 15 is 0 Å². The summed E-state index contributed by atoms with van der Waals surface area (Å²) in [5, 5.41) is 3.29. The summed E-state index contributed by atoms with van der Waals surface area (Å²) < 4.78 is 1.87. The summed E-state index contributed by atoms with van der Waals surface area (Å²) in [6, 6.07) is 9.72. The number of nitrogens with two attached hydrogens (primary N) is 1. The molecule has 122 valence electrons. The molecule has 1 amide bonds. The van der Waals surface area contributed by atoms with Crippen LogP contribution in [-0.2, 0) is 17.4 Å². The van der Waals surface area contributed by atoms with Gasteiger partial charge in [-0.1, -0.05) is 18.1 Å². The van der Waals surface area contributed by atoms with Gasteiger partial charge in [-0.3, -0.25) is 9.69 Å². The van der Waals surface area contributed by atoms with Crippen LogP contribution in [0.5, 0.6) is 0 Å². The van der Waals surface area contributed by atoms with Crippen LogP contribution in [0.3, 0.4) is 0 Å². The van der Waals surface area contributed by atoms with Crippen molar-refractivity contribution in [3.8, 4) is 23.6 Å². The molecule has 1 aliphatic heterocycles. The number of nitrogens with one attached hydrogen (secondary N) is 1. The monoisotopic (exact) mass is 322 g/mol. The quantitative estimate of drug-likeness (QED) is 0.636. The summed E-state index contributed by atoms with van der Waals surface area (Å²) in [5.74, 6) is 2.81. The summed E-state index contributed by atoms with van der Waals surface area (Å²) in [7, 11) is 3.53. The van der Waals surface area contributed by atoms with Gasteiger partial charge < -0.3 is 5.73 Å². The maximum Gasteiger partial charge on any atom is 0.235 e. The Bertz CT molecular complexity index is 889. The van der Waals surface area contributed by atoms with E-state index < -0.39 is 5.54 Å². The molecule has 1 atom stereocenters. The molecule has 0 fully saturated rings. The number of rotatable bonds is 2. The first-order valence-electron chi connectivity index (χ1n) is 7.62. The Balaban J connectivity index is 2.06. The van der Waals surface area contributed by atoms with Gasteiger partial charge in [-0.25, -0.2) is 4.99 Å². The molecule has 0 bridgehead atoms. The third kappa shape index (κ3) is 2.54. The number of H-pyrrole nitrogens is 1. The van der Waals surface area contributed by atoms with Crippen molar-refractivity contribution in [3.63, 3.8) is 0 Å². The smallest absolute Gasteiger partial charge is 0.235 e. The highest BCUT2D eigenvalue weighted by molar-refractivity contribution is 5.98. The van der Waals surface area contributed by atoms with E-state index in [1.54, 1.807) is 7.05 Å². The van der Waals surface area contributed by atoms with Gasteiger partial charge in [-0.05, 0) is 19.1 Å². The highest BCUT2D eigenvalue weighted by atomic mass is 16.2. The van der Waals surface area contributed by atoms with Crippen molar-refractivity contribution in [2.75, 3.05) is 7.05 Å². The first-order valence-corrected chi connectivity index (χ1v) is 7.62. The van der Waals surface area contributed by atoms with Crippen LogP contribution in [0.25, 0.3) is 11.3 Å². The summed E-state index contributed by atoms with van der Waals surface area (Å²) in [4.78, 5) is 18.1. The zero-order valence-electron chi connectivity index (χ0n) is 14.0. The molecular formula is C18H20N5O+. The molecule has 1 aliphatic rings. The third-order valence-corrected chi connectivity index (χ3v) is 4.40. The Morgan fingerprint density at radius 3 is 2.88 bits per heavy atom. The van der Waals surface area contributed by atoms with Crippen molar-refractivity contribution in [3.05, 3.63) is 41.6 Å². The molecule has 0 unspecified atom stereocenters. The van der Waals surface area contributed by atoms with Crippen molar-refractivity contribution >= 4 is 11.9 Å². The standard InChI is InChI=1S/C18H19N5O/c1-5-12-7-6-8-13(9-12)14-10-15(23(4)21-14)18(2)11-16(24)22(3)17(19)20-18/h1,6-10H,11H2,2-4H3,(H2,19,20)/p+1/t18-/m0/s1. The molecular weight excluding hydrogens is 302 g/mol. The number of carbonyl (C=O) groups is 1. The maximum atomic E-state index is 12.2. The minimum atomic E-state index is -0.707. The highest BCUT2D eigenvalue weighted by Gasteiger charge is 2.43. The van der Waals surface area contributed by atoms with E-state index in [2.05, 4.69) is 16.0 Å². The number of hydrogen-bond acceptors (Lipinski definition) is 3. The third-order valence-electron chi connectivity index (χ3n) is 4.40. The van der Waals surface area contributed by atoms with Crippen LogP contribution < -0.4 is 10.4 Å². The van der Waals surface area contributed by atoms with Gasteiger partial charge in [0.1, 0.15) is 5.69 Å². The molecule has 1 aromatic heterocycles. The number of aliphatic imine (C=N–C) groups is 1. The molecule has 0 saturated heterocycles. The van der Waals surface area contributed by atoms with Crippen LogP contribution in [-0.4, -0.2) is 28.9 Å². The number of guanidine groups is 1. The molecule has 0 spiro atoms. The van der Waals surface area contributed by atoms with E-state index in [-0.39, 0.29) is 18.3 Å². The maximum absolute atomic E-state index is 12.2. The minimum absolute atomic E-state index is 0.0536. The zero-order valence-corrected chi connectivity index (χ0v) is 14.0. The first-order chi connectivity index (χ1) is 11.3. The largest absolute Gasteiger partial charge is 0.369 e. The zero-order chi connectivity index (χ0) is 17.5. The molecule has 24 heavy (non-hydrogen) atoms. The number of aryl methyl sites for hydroxylation is 1. The van der Waals surface area contributed by atoms with Gasteiger partial charge in [0.05, 0.1) is 6.42 Å². The second kappa shape index (κ2) is 5.53. The molecule has 6 heteroatoms. The second-order valence-electron chi connectivity index (χ2n) is 6.21. The average Bonchev–Trinajstić information content (AvgIpc) is 2.95. The molecule has 0 aliphatic carbocycles. The molecule has 2 heterocycles. The van der Waals surface area contributed by atoms with Crippen LogP contribution >= 0.6 is 0 Å². The molecule has 3 rings (SSSR count). The van der Waals surface area contributed by atoms with Crippen molar-refractivity contribution in [2.24, 2.45) is 17.8 Å². The Morgan fingerprint density at radius 2 is 2.21 bits per heavy atom. The van der Waals surface area contributed by atoms with E-state index in [1.807, 2.05) is 49.0 Å². The molecule has 0 radical (unpaired) electrons. The molecule has 3 N–H and O–H groups in total. The predicted molar refractivity (Wildman–Crippen MR) is 91.7 cm³/mol. The van der Waals surface area contributed by atoms with Gasteiger partial charge in [-0.2, -0.15) is 5.10 Å². The lowest BCUT2D eigenvalue weighted by Crippen LogP contribution is -2.51. The lowest BCUT2D eigenvalue weighted by atomic mass is 9.91. The summed E-state index contributed by atoms with van der Waals surface area (Å²) in [6.45, 7) is 1.91. The Kier molecular flexibility index (Phi) is 3.64. The van der Waals surface area contributed by atoms with E-state index in [4.69, 9.17) is 12.2 Å². The number of terminal acetylenes is 1. The average molecular weight is 322 g/mol. The Morgan fingerprint density at radius 1 is 1.46 bits per heavy atom. The van der Waals surface area contributed by atoms with E-state index in [1.165, 1.54) is 4.90 Å². The van der Waals surface area contributed by atoms with Gasteiger partial charge >= 0.3 is 0 Å². The fourth-order valence-electron chi connectivity index (χ4n) is 3.00. The minimum Gasteiger partial charge on any atom is -0.369 e. The van der Waals surface area contributed by atoms with Crippen LogP contribution in [0, 0.1) is 12.3 Å². The number of amides is 1. The molecule has 6 nitrogen and oxygen atoms in total. The second-order valence-corrected chi connectivity index (χ2v) is 6.21. The van der Waals surface area contributed by atoms with E-state index in [0.717, 1.165) is 22.5 Å². The van der Waals surface area contributed by atoms with Gasteiger partial charge in [-0.15, -0.1) is 11.1 Å². The number of aromatic nitrogens is 2. The number of carbonyl (C=O) groups excluding carboxylic acids is 1. The normalized spacial score (nSPS) is 20.7. The topological polar surface area (TPSA) is 78.4 Å². The van der Waals surface area contributed by atoms with Gasteiger partial charge in [0, 0.05) is 24.2 Å². The van der Waals surface area contributed by atoms with Crippen molar-refractivity contribution in [1.29, 1.82) is 0 Å². The Labute approximate surface area is 141 Å². The first kappa shape index (κ1) is 15.8. The van der Waals surface area contributed by atoms with Crippen molar-refractivity contribution < 1.29 is 9.48 Å². The van der Waals surface area contributed by atoms with Crippen molar-refractivity contribution in [2.45, 2.75) is 18.9 Å². The van der Waals surface area contributed by atoms with Gasteiger partial charge in [0.25, 0.3) is 0 Å². The predicted octanol–water partition coefficient (Wildman–Crippen LogP) is 0.879. The summed E-state index contributed by atoms with van der Waals surface area (Å²) in [5.41, 5.74) is 8.78. The highest BCUT2D eigenvalue weighted by Crippen LogP contribution is 2.32. The molecule has 0 saturated carbocycles. The van der Waals surface area contributed by atoms with Crippen LogP contribution in [0.15, 0.2) is 35.3 Å². The number of nitrogens with zero attached hydrogens (tertiary/aromatic N) is 3. The fraction of sp³-hybridized carbons (Fsp3) is 0.278. The van der Waals surface area contributed by atoms with Gasteiger partial charge in [0.2, 0.25) is 11.6 Å². The van der Waals surface area contributed by atoms with E-state index in [9.17, 15) is 4.79 Å². The van der Waals surface area contributed by atoms with Crippen molar-refractivity contribution in [1.82, 2.24) is 10.00 Å². The summed E-state index contributed by atoms with van der Waals surface area (Å²) >= 11 is 0. The van der Waals surface area contributed by atoms with E-state index in [0.29, 0.717) is 0 Å². The van der Waals surface area contributed by atoms with Crippen LogP contribution in [0.2, 0.25) is 0 Å². The molecule has 1 aromatic carbocycles. The number of hydrogen-bond donors (Lipinski definition) is 2. The SMILES string of the molecule is C#Cc1cccc(-c2cc([C@]3(C)CC(=O)N(C)C(N)=N3)[n+](C)[nH]2)c1. The summed E-state index contributed by atoms with van der Waals surface area (Å²) in [6.07, 6.45) is 5.74. The van der Waals surface area contributed by atoms with Gasteiger partial charge in [0.15, 0.2) is 18.5 Å². The Hall–Kier alpha value is -3.07. The lowest BCUT2D eigenvalue weighted by Gasteiger charge is -2.30. The van der Waals surface area contributed by atoms with Crippen LogP contribution in [0.4, 0.5) is 0 Å². The lowest BCUT2D eigenvalue weighted by molar-refractivity contribution is -0.736. The molecule has 2 aromatic rings. The number of aromatic amines is 1. The van der Waals surface area contributed by atoms with Crippen LogP contribution in [0.1, 0.15) is 24.6 Å². The number of benzene rings is 1.